The maximum Gasteiger partial charge on any atom is 0.335 e. The van der Waals surface area contributed by atoms with Gasteiger partial charge in [-0.25, -0.2) is 9.59 Å². The molecule has 0 radical (unpaired) electrons. The predicted octanol–water partition coefficient (Wildman–Crippen LogP) is 8.88. The van der Waals surface area contributed by atoms with Crippen LogP contribution >= 0.6 is 0 Å². The first-order chi connectivity index (χ1) is 24.0. The Labute approximate surface area is 294 Å². The fourth-order valence-corrected chi connectivity index (χ4v) is 9.80. The van der Waals surface area contributed by atoms with Crippen LogP contribution in [0.5, 0.6) is 0 Å². The van der Waals surface area contributed by atoms with Gasteiger partial charge in [-0.2, -0.15) is 0 Å². The van der Waals surface area contributed by atoms with Crippen LogP contribution in [0, 0.1) is 13.8 Å². The molecule has 7 rings (SSSR count). The van der Waals surface area contributed by atoms with E-state index in [0.717, 1.165) is 79.9 Å². The Hall–Kier alpha value is -4.46. The van der Waals surface area contributed by atoms with Crippen molar-refractivity contribution in [2.24, 2.45) is 0 Å². The van der Waals surface area contributed by atoms with Crippen molar-refractivity contribution >= 4 is 46.2 Å². The molecule has 2 aliphatic carbocycles. The summed E-state index contributed by atoms with van der Waals surface area (Å²) in [5.74, 6) is -0.711. The number of esters is 2. The number of carbonyl (C=O) groups excluding carboxylic acids is 2. The molecule has 2 aliphatic heterocycles. The molecule has 4 aliphatic rings. The number of aromatic nitrogens is 4. The van der Waals surface area contributed by atoms with E-state index in [0.29, 0.717) is 37.2 Å². The van der Waals surface area contributed by atoms with Crippen molar-refractivity contribution < 1.29 is 19.1 Å². The number of ether oxygens (including phenoxy) is 2. The number of carbonyl (C=O) groups is 2. The summed E-state index contributed by atoms with van der Waals surface area (Å²) in [5.41, 5.74) is 14.3. The molecule has 0 spiro atoms. The minimum Gasteiger partial charge on any atom is -0.463 e. The first-order valence-corrected chi connectivity index (χ1v) is 18.6. The highest BCUT2D eigenvalue weighted by atomic mass is 16.5. The van der Waals surface area contributed by atoms with Crippen LogP contribution in [0.25, 0.3) is 34.2 Å². The van der Waals surface area contributed by atoms with Gasteiger partial charge in [0.25, 0.3) is 0 Å². The van der Waals surface area contributed by atoms with Gasteiger partial charge in [0.05, 0.1) is 57.6 Å². The van der Waals surface area contributed by atoms with E-state index in [-0.39, 0.29) is 23.8 Å². The van der Waals surface area contributed by atoms with E-state index < -0.39 is 10.8 Å². The second-order valence-electron chi connectivity index (χ2n) is 14.3. The number of aromatic amines is 2. The molecular formula is C42H50N4O4. The largest absolute Gasteiger partial charge is 0.463 e. The van der Waals surface area contributed by atoms with Crippen LogP contribution < -0.4 is 0 Å². The molecule has 262 valence electrons. The third-order valence-corrected chi connectivity index (χ3v) is 12.5. The van der Waals surface area contributed by atoms with Crippen LogP contribution in [0.1, 0.15) is 136 Å². The smallest absolute Gasteiger partial charge is 0.335 e. The third kappa shape index (κ3) is 4.29. The highest BCUT2D eigenvalue weighted by Crippen LogP contribution is 2.58. The van der Waals surface area contributed by atoms with Crippen LogP contribution in [0.2, 0.25) is 0 Å². The lowest BCUT2D eigenvalue weighted by atomic mass is 9.69. The lowest BCUT2D eigenvalue weighted by Crippen LogP contribution is -2.33. The summed E-state index contributed by atoms with van der Waals surface area (Å²) in [6.07, 6.45) is 7.11. The molecule has 4 atom stereocenters. The van der Waals surface area contributed by atoms with Gasteiger partial charge in [-0.3, -0.25) is 9.97 Å². The minimum absolute atomic E-state index is 0.0750. The van der Waals surface area contributed by atoms with Crippen LogP contribution in [0.15, 0.2) is 23.3 Å². The van der Waals surface area contributed by atoms with Gasteiger partial charge < -0.3 is 19.4 Å². The number of aryl methyl sites for hydroxylation is 4. The average Bonchev–Trinajstić information content (AvgIpc) is 3.89. The van der Waals surface area contributed by atoms with Gasteiger partial charge in [-0.1, -0.05) is 41.5 Å². The third-order valence-electron chi connectivity index (χ3n) is 12.5. The molecule has 3 aromatic heterocycles. The van der Waals surface area contributed by atoms with Crippen molar-refractivity contribution in [3.05, 3.63) is 79.4 Å². The maximum atomic E-state index is 13.8. The first-order valence-electron chi connectivity index (χ1n) is 18.6. The van der Waals surface area contributed by atoms with Crippen molar-refractivity contribution in [3.8, 4) is 0 Å². The average molecular weight is 675 g/mol. The number of hydrogen-bond donors (Lipinski definition) is 2. The first kappa shape index (κ1) is 34.0. The number of rotatable bonds is 8. The quantitative estimate of drug-likeness (QED) is 0.231. The SMILES string of the molecule is CCOC(=O)C1=Cc2c3nc(cc4[nH]c(c(C)c4CC)c4c5nc(cc6[nH]c2c(C)c6CC)C(C)C5(CC)C(C(=O)OCC)=C4)C(C)C13CC. The molecule has 3 aromatic rings. The topological polar surface area (TPSA) is 110 Å². The Bertz CT molecular complexity index is 2040. The molecule has 0 saturated carbocycles. The van der Waals surface area contributed by atoms with Gasteiger partial charge in [0, 0.05) is 45.4 Å². The molecule has 4 unspecified atom stereocenters. The summed E-state index contributed by atoms with van der Waals surface area (Å²) in [4.78, 5) is 46.0. The Balaban J connectivity index is 1.69. The number of nitrogens with one attached hydrogen (secondary N) is 2. The molecule has 0 amide bonds. The van der Waals surface area contributed by atoms with Crippen molar-refractivity contribution in [1.82, 2.24) is 19.9 Å². The van der Waals surface area contributed by atoms with E-state index in [1.54, 1.807) is 0 Å². The highest BCUT2D eigenvalue weighted by Gasteiger charge is 2.55. The molecule has 8 nitrogen and oxygen atoms in total. The van der Waals surface area contributed by atoms with Crippen LogP contribution in [-0.2, 0) is 42.7 Å². The van der Waals surface area contributed by atoms with Crippen LogP contribution in [0.3, 0.4) is 0 Å². The Morgan fingerprint density at radius 2 is 1.06 bits per heavy atom. The molecule has 8 heteroatoms. The molecule has 2 N–H and O–H groups in total. The van der Waals surface area contributed by atoms with Crippen molar-refractivity contribution in [1.29, 1.82) is 0 Å². The summed E-state index contributed by atoms with van der Waals surface area (Å²) < 4.78 is 11.4. The minimum atomic E-state index is -0.613. The van der Waals surface area contributed by atoms with Gasteiger partial charge in [0.15, 0.2) is 0 Å². The summed E-state index contributed by atoms with van der Waals surface area (Å²) in [6.45, 7) is 21.7. The number of nitrogens with zero attached hydrogens (tertiary/aromatic N) is 2. The summed E-state index contributed by atoms with van der Waals surface area (Å²) >= 11 is 0. The van der Waals surface area contributed by atoms with E-state index in [2.05, 4.69) is 77.5 Å². The molecule has 8 bridgehead atoms. The molecule has 0 fully saturated rings. The molecule has 5 heterocycles. The fraction of sp³-hybridized carbons (Fsp3) is 0.476. The highest BCUT2D eigenvalue weighted by molar-refractivity contribution is 6.04. The lowest BCUT2D eigenvalue weighted by Gasteiger charge is -2.31. The molecule has 50 heavy (non-hydrogen) atoms. The van der Waals surface area contributed by atoms with E-state index in [4.69, 9.17) is 19.4 Å². The van der Waals surface area contributed by atoms with Gasteiger partial charge in [0.1, 0.15) is 0 Å². The Kier molecular flexibility index (Phi) is 8.23. The zero-order valence-corrected chi connectivity index (χ0v) is 31.2. The van der Waals surface area contributed by atoms with Gasteiger partial charge in [-0.15, -0.1) is 0 Å². The van der Waals surface area contributed by atoms with Crippen LogP contribution in [-0.4, -0.2) is 45.1 Å². The van der Waals surface area contributed by atoms with Crippen molar-refractivity contribution in [2.75, 3.05) is 13.2 Å². The number of H-pyrrole nitrogens is 2. The van der Waals surface area contributed by atoms with E-state index >= 15 is 0 Å². The van der Waals surface area contributed by atoms with E-state index in [1.165, 1.54) is 11.1 Å². The summed E-state index contributed by atoms with van der Waals surface area (Å²) in [5, 5.41) is 0. The monoisotopic (exact) mass is 674 g/mol. The number of fused-ring (bicyclic) bond motifs is 8. The van der Waals surface area contributed by atoms with Crippen LogP contribution in [0.4, 0.5) is 0 Å². The van der Waals surface area contributed by atoms with Crippen molar-refractivity contribution in [2.45, 2.75) is 118 Å². The zero-order valence-electron chi connectivity index (χ0n) is 31.2. The molecule has 0 saturated heterocycles. The van der Waals surface area contributed by atoms with Crippen molar-refractivity contribution in [3.63, 3.8) is 0 Å². The van der Waals surface area contributed by atoms with E-state index in [9.17, 15) is 9.59 Å². The molecular weight excluding hydrogens is 624 g/mol. The van der Waals surface area contributed by atoms with Gasteiger partial charge in [-0.05, 0) is 99.9 Å². The number of hydrogen-bond acceptors (Lipinski definition) is 6. The zero-order chi connectivity index (χ0) is 35.9. The summed E-state index contributed by atoms with van der Waals surface area (Å²) in [7, 11) is 0. The van der Waals surface area contributed by atoms with Gasteiger partial charge >= 0.3 is 11.9 Å². The normalized spacial score (nSPS) is 23.2. The summed E-state index contributed by atoms with van der Waals surface area (Å²) in [6, 6.07) is 4.37. The lowest BCUT2D eigenvalue weighted by molar-refractivity contribution is -0.140. The van der Waals surface area contributed by atoms with Gasteiger partial charge in [0.2, 0.25) is 0 Å². The fourth-order valence-electron chi connectivity index (χ4n) is 9.80. The second-order valence-corrected chi connectivity index (χ2v) is 14.3. The second kappa shape index (κ2) is 12.1. The Morgan fingerprint density at radius 3 is 1.38 bits per heavy atom. The van der Waals surface area contributed by atoms with E-state index in [1.807, 2.05) is 26.0 Å². The Morgan fingerprint density at radius 1 is 0.680 bits per heavy atom. The standard InChI is InChI=1S/C42H50N4O4/c1-11-25-21(7)35-27-17-29(39(47)49-15-5)42(14-4)24(10)32(46-37(27)42)20-34-26(12-2)22(8)36(44-34)28-18-30(40(48)50-16-6)41(13-3)23(9)31(45-38(28)41)19-33(25)43-35/h17-20,23-24,43-44H,11-16H2,1-10H3. The molecule has 0 aromatic carbocycles. The maximum absolute atomic E-state index is 13.8. The predicted molar refractivity (Wildman–Crippen MR) is 199 cm³/mol.